The molecule has 1 aromatic rings. The Labute approximate surface area is 117 Å². The number of anilines is 1. The fourth-order valence-electron chi connectivity index (χ4n) is 1.80. The first-order chi connectivity index (χ1) is 8.76. The lowest BCUT2D eigenvalue weighted by Gasteiger charge is -2.23. The number of hydrogen-bond acceptors (Lipinski definition) is 3. The molecule has 0 saturated carbocycles. The van der Waals surface area contributed by atoms with Crippen molar-refractivity contribution in [3.63, 3.8) is 0 Å². The number of aryl methyl sites for hydroxylation is 1. The molecule has 2 N–H and O–H groups in total. The average molecular weight is 265 g/mol. The predicted octanol–water partition coefficient (Wildman–Crippen LogP) is 3.89. The van der Waals surface area contributed by atoms with Crippen LogP contribution in [0.3, 0.4) is 0 Å². The van der Waals surface area contributed by atoms with Gasteiger partial charge in [0.05, 0.1) is 12.2 Å². The van der Waals surface area contributed by atoms with Gasteiger partial charge in [-0.15, -0.1) is 0 Å². The summed E-state index contributed by atoms with van der Waals surface area (Å²) in [4.78, 5) is 0. The number of ether oxygens (including phenoxy) is 2. The van der Waals surface area contributed by atoms with Crippen molar-refractivity contribution < 1.29 is 9.47 Å². The van der Waals surface area contributed by atoms with Crippen molar-refractivity contribution in [3.05, 3.63) is 23.3 Å². The Morgan fingerprint density at radius 3 is 2.42 bits per heavy atom. The molecule has 0 bridgehead atoms. The van der Waals surface area contributed by atoms with E-state index < -0.39 is 0 Å². The van der Waals surface area contributed by atoms with Crippen molar-refractivity contribution in [1.29, 1.82) is 0 Å². The topological polar surface area (TPSA) is 44.5 Å². The van der Waals surface area contributed by atoms with Crippen LogP contribution in [0.15, 0.2) is 12.1 Å². The monoisotopic (exact) mass is 265 g/mol. The molecular weight excluding hydrogens is 238 g/mol. The van der Waals surface area contributed by atoms with Crippen LogP contribution >= 0.6 is 0 Å². The summed E-state index contributed by atoms with van der Waals surface area (Å²) in [5.41, 5.74) is 8.87. The summed E-state index contributed by atoms with van der Waals surface area (Å²) in [5, 5.41) is 0. The first-order valence-electron chi connectivity index (χ1n) is 6.85. The smallest absolute Gasteiger partial charge is 0.123 e. The fourth-order valence-corrected chi connectivity index (χ4v) is 1.80. The summed E-state index contributed by atoms with van der Waals surface area (Å²) in [5.74, 6) is 1.34. The Balaban J connectivity index is 2.80. The molecule has 0 fully saturated rings. The molecule has 0 radical (unpaired) electrons. The highest BCUT2D eigenvalue weighted by molar-refractivity contribution is 5.55. The molecule has 1 rings (SSSR count). The molecule has 3 heteroatoms. The zero-order valence-electron chi connectivity index (χ0n) is 13.0. The van der Waals surface area contributed by atoms with E-state index in [4.69, 9.17) is 15.2 Å². The third-order valence-electron chi connectivity index (χ3n) is 3.53. The highest BCUT2D eigenvalue weighted by Gasteiger charge is 2.17. The Bertz CT molecular complexity index is 425. The minimum absolute atomic E-state index is 0.152. The van der Waals surface area contributed by atoms with E-state index in [1.165, 1.54) is 5.56 Å². The summed E-state index contributed by atoms with van der Waals surface area (Å²) in [6.07, 6.45) is 0.852. The Morgan fingerprint density at radius 1 is 1.26 bits per heavy atom. The molecule has 0 aliphatic carbocycles. The first-order valence-corrected chi connectivity index (χ1v) is 6.85. The lowest BCUT2D eigenvalue weighted by molar-refractivity contribution is 0.00536. The molecule has 0 atom stereocenters. The lowest BCUT2D eigenvalue weighted by atomic mass is 9.99. The second-order valence-electron chi connectivity index (χ2n) is 5.96. The normalized spacial score (nSPS) is 11.9. The molecule has 108 valence electrons. The maximum Gasteiger partial charge on any atom is 0.123 e. The Morgan fingerprint density at radius 2 is 1.89 bits per heavy atom. The molecule has 1 aromatic carbocycles. The number of hydrogen-bond donors (Lipinski definition) is 1. The summed E-state index contributed by atoms with van der Waals surface area (Å²) < 4.78 is 11.3. The van der Waals surface area contributed by atoms with Gasteiger partial charge in [-0.2, -0.15) is 0 Å². The second kappa shape index (κ2) is 6.29. The lowest BCUT2D eigenvalue weighted by Crippen LogP contribution is -2.25. The van der Waals surface area contributed by atoms with Crippen LogP contribution in [-0.4, -0.2) is 19.3 Å². The molecule has 19 heavy (non-hydrogen) atoms. The summed E-state index contributed by atoms with van der Waals surface area (Å²) in [6, 6.07) is 4.06. The number of benzene rings is 1. The van der Waals surface area contributed by atoms with Crippen LogP contribution in [0.4, 0.5) is 5.69 Å². The van der Waals surface area contributed by atoms with Crippen LogP contribution < -0.4 is 10.5 Å². The number of rotatable bonds is 6. The molecular formula is C16H27NO2. The molecule has 0 aromatic heterocycles. The highest BCUT2D eigenvalue weighted by atomic mass is 16.5. The maximum atomic E-state index is 5.97. The van der Waals surface area contributed by atoms with Gasteiger partial charge in [0.2, 0.25) is 0 Å². The van der Waals surface area contributed by atoms with Crippen LogP contribution in [0, 0.1) is 6.92 Å². The van der Waals surface area contributed by atoms with E-state index in [-0.39, 0.29) is 5.60 Å². The third kappa shape index (κ3) is 4.43. The van der Waals surface area contributed by atoms with E-state index >= 15 is 0 Å². The van der Waals surface area contributed by atoms with Gasteiger partial charge in [0, 0.05) is 19.2 Å². The molecule has 0 saturated heterocycles. The number of nitrogen functional groups attached to an aromatic ring is 1. The summed E-state index contributed by atoms with van der Waals surface area (Å²) in [7, 11) is 1.73. The van der Waals surface area contributed by atoms with Crippen LogP contribution in [0.5, 0.6) is 5.75 Å². The van der Waals surface area contributed by atoms with E-state index in [1.54, 1.807) is 7.11 Å². The molecule has 0 heterocycles. The minimum Gasteiger partial charge on any atom is -0.493 e. The largest absolute Gasteiger partial charge is 0.493 e. The average Bonchev–Trinajstić information content (AvgIpc) is 2.32. The first kappa shape index (κ1) is 15.8. The number of nitrogens with two attached hydrogens (primary N) is 1. The van der Waals surface area contributed by atoms with Crippen molar-refractivity contribution in [2.75, 3.05) is 19.5 Å². The zero-order chi connectivity index (χ0) is 14.6. The van der Waals surface area contributed by atoms with Crippen molar-refractivity contribution in [2.24, 2.45) is 0 Å². The third-order valence-corrected chi connectivity index (χ3v) is 3.53. The van der Waals surface area contributed by atoms with E-state index in [9.17, 15) is 0 Å². The van der Waals surface area contributed by atoms with Crippen LogP contribution in [0.2, 0.25) is 0 Å². The van der Waals surface area contributed by atoms with Gasteiger partial charge in [-0.25, -0.2) is 0 Å². The quantitative estimate of drug-likeness (QED) is 0.793. The van der Waals surface area contributed by atoms with E-state index in [0.29, 0.717) is 12.5 Å². The van der Waals surface area contributed by atoms with Gasteiger partial charge < -0.3 is 15.2 Å². The van der Waals surface area contributed by atoms with Crippen LogP contribution in [0.25, 0.3) is 0 Å². The molecule has 0 aliphatic rings. The molecule has 0 spiro atoms. The van der Waals surface area contributed by atoms with Crippen molar-refractivity contribution in [2.45, 2.75) is 52.6 Å². The highest BCUT2D eigenvalue weighted by Crippen LogP contribution is 2.31. The van der Waals surface area contributed by atoms with Crippen molar-refractivity contribution >= 4 is 5.69 Å². The molecule has 0 unspecified atom stereocenters. The van der Waals surface area contributed by atoms with Gasteiger partial charge in [-0.3, -0.25) is 0 Å². The maximum absolute atomic E-state index is 5.97. The van der Waals surface area contributed by atoms with Crippen molar-refractivity contribution in [3.8, 4) is 5.75 Å². The Kier molecular flexibility index (Phi) is 5.24. The van der Waals surface area contributed by atoms with E-state index in [0.717, 1.165) is 23.4 Å². The minimum atomic E-state index is -0.152. The van der Waals surface area contributed by atoms with Crippen molar-refractivity contribution in [1.82, 2.24) is 0 Å². The molecule has 3 nitrogen and oxygen atoms in total. The van der Waals surface area contributed by atoms with Gasteiger partial charge in [0.25, 0.3) is 0 Å². The van der Waals surface area contributed by atoms with Gasteiger partial charge in [0.15, 0.2) is 0 Å². The van der Waals surface area contributed by atoms with Crippen LogP contribution in [0.1, 0.15) is 51.2 Å². The number of methoxy groups -OCH3 is 1. The van der Waals surface area contributed by atoms with E-state index in [2.05, 4.69) is 27.7 Å². The molecule has 0 amide bonds. The van der Waals surface area contributed by atoms with Gasteiger partial charge >= 0.3 is 0 Å². The molecule has 0 aliphatic heterocycles. The van der Waals surface area contributed by atoms with Crippen LogP contribution in [-0.2, 0) is 4.74 Å². The standard InChI is InChI=1S/C16H27NO2/c1-11(2)13-10-14(17)12(3)9-15(13)19-8-7-16(4,5)18-6/h9-11H,7-8,17H2,1-6H3. The predicted molar refractivity (Wildman–Crippen MR) is 80.9 cm³/mol. The van der Waals surface area contributed by atoms with E-state index in [1.807, 2.05) is 19.1 Å². The van der Waals surface area contributed by atoms with Gasteiger partial charge in [0.1, 0.15) is 5.75 Å². The Hall–Kier alpha value is -1.22. The fraction of sp³-hybridized carbons (Fsp3) is 0.625. The SMILES string of the molecule is COC(C)(C)CCOc1cc(C)c(N)cc1C(C)C. The zero-order valence-corrected chi connectivity index (χ0v) is 13.0. The van der Waals surface area contributed by atoms with Gasteiger partial charge in [-0.1, -0.05) is 13.8 Å². The summed E-state index contributed by atoms with van der Waals surface area (Å²) in [6.45, 7) is 11.1. The summed E-state index contributed by atoms with van der Waals surface area (Å²) >= 11 is 0. The van der Waals surface area contributed by atoms with Gasteiger partial charge in [-0.05, 0) is 49.9 Å². The second-order valence-corrected chi connectivity index (χ2v) is 5.96.